The van der Waals surface area contributed by atoms with Gasteiger partial charge in [0.05, 0.1) is 6.54 Å². The molecule has 1 amide bonds. The average Bonchev–Trinajstić information content (AvgIpc) is 3.14. The normalized spacial score (nSPS) is 11.9. The average molecular weight is 379 g/mol. The van der Waals surface area contributed by atoms with E-state index in [4.69, 9.17) is 9.26 Å². The molecule has 0 aliphatic heterocycles. The molecule has 3 rings (SSSR count). The van der Waals surface area contributed by atoms with Gasteiger partial charge in [-0.25, -0.2) is 0 Å². The van der Waals surface area contributed by atoms with Crippen LogP contribution >= 0.6 is 0 Å². The molecule has 0 bridgehead atoms. The van der Waals surface area contributed by atoms with Gasteiger partial charge in [-0.3, -0.25) is 4.79 Å². The van der Waals surface area contributed by atoms with Crippen LogP contribution < -0.4 is 4.74 Å². The summed E-state index contributed by atoms with van der Waals surface area (Å²) < 4.78 is 11.2. The van der Waals surface area contributed by atoms with Gasteiger partial charge in [0.2, 0.25) is 11.7 Å². The maximum absolute atomic E-state index is 12.7. The van der Waals surface area contributed by atoms with Crippen molar-refractivity contribution in [2.45, 2.75) is 40.3 Å². The van der Waals surface area contributed by atoms with Crippen LogP contribution in [0.15, 0.2) is 47.0 Å². The van der Waals surface area contributed by atoms with E-state index >= 15 is 0 Å². The maximum Gasteiger partial charge on any atom is 0.263 e. The molecule has 1 aromatic heterocycles. The first kappa shape index (κ1) is 19.6. The fourth-order valence-corrected chi connectivity index (χ4v) is 2.98. The highest BCUT2D eigenvalue weighted by Gasteiger charge is 2.22. The number of hydrogen-bond acceptors (Lipinski definition) is 5. The van der Waals surface area contributed by atoms with E-state index in [9.17, 15) is 4.79 Å². The Labute approximate surface area is 165 Å². The fourth-order valence-electron chi connectivity index (χ4n) is 2.98. The topological polar surface area (TPSA) is 68.5 Å². The molecule has 0 saturated carbocycles. The van der Waals surface area contributed by atoms with Crippen LogP contribution in [0.3, 0.4) is 0 Å². The van der Waals surface area contributed by atoms with Crippen LogP contribution in [-0.2, 0) is 11.3 Å². The molecule has 1 atom stereocenters. The molecule has 6 heteroatoms. The van der Waals surface area contributed by atoms with Crippen molar-refractivity contribution in [2.75, 3.05) is 7.05 Å². The third-order valence-electron chi connectivity index (χ3n) is 4.66. The first-order valence-electron chi connectivity index (χ1n) is 9.22. The van der Waals surface area contributed by atoms with Crippen molar-refractivity contribution >= 4 is 5.91 Å². The number of carbonyl (C=O) groups excluding carboxylic acids is 1. The Hall–Kier alpha value is -3.15. The predicted molar refractivity (Wildman–Crippen MR) is 107 cm³/mol. The molecule has 0 aliphatic rings. The molecular formula is C22H25N3O3. The van der Waals surface area contributed by atoms with Gasteiger partial charge >= 0.3 is 0 Å². The van der Waals surface area contributed by atoms with Gasteiger partial charge in [-0.05, 0) is 50.5 Å². The van der Waals surface area contributed by atoms with Gasteiger partial charge in [0, 0.05) is 12.6 Å². The molecule has 0 unspecified atom stereocenters. The molecule has 0 N–H and O–H groups in total. The van der Waals surface area contributed by atoms with Crippen LogP contribution in [-0.4, -0.2) is 34.1 Å². The zero-order valence-corrected chi connectivity index (χ0v) is 16.9. The number of nitrogens with zero attached hydrogens (tertiary/aromatic N) is 3. The number of aromatic nitrogens is 2. The zero-order chi connectivity index (χ0) is 20.3. The number of aryl methyl sites for hydroxylation is 2. The van der Waals surface area contributed by atoms with Crippen LogP contribution in [0.5, 0.6) is 5.75 Å². The Morgan fingerprint density at radius 1 is 1.18 bits per heavy atom. The van der Waals surface area contributed by atoms with Crippen molar-refractivity contribution in [1.29, 1.82) is 0 Å². The lowest BCUT2D eigenvalue weighted by atomic mass is 10.1. The quantitative estimate of drug-likeness (QED) is 0.645. The Bertz CT molecular complexity index is 966. The zero-order valence-electron chi connectivity index (χ0n) is 16.9. The smallest absolute Gasteiger partial charge is 0.263 e. The first-order valence-corrected chi connectivity index (χ1v) is 9.22. The van der Waals surface area contributed by atoms with E-state index in [-0.39, 0.29) is 12.5 Å². The summed E-state index contributed by atoms with van der Waals surface area (Å²) >= 11 is 0. The second kappa shape index (κ2) is 8.25. The molecule has 0 aliphatic carbocycles. The van der Waals surface area contributed by atoms with Crippen LogP contribution in [0.1, 0.15) is 29.5 Å². The predicted octanol–water partition coefficient (Wildman–Crippen LogP) is 4.09. The van der Waals surface area contributed by atoms with E-state index in [1.807, 2.05) is 57.2 Å². The van der Waals surface area contributed by atoms with E-state index in [1.54, 1.807) is 14.0 Å². The Kier molecular flexibility index (Phi) is 5.78. The highest BCUT2D eigenvalue weighted by molar-refractivity contribution is 5.80. The van der Waals surface area contributed by atoms with Crippen LogP contribution in [0.25, 0.3) is 11.4 Å². The fraction of sp³-hybridized carbons (Fsp3) is 0.318. The van der Waals surface area contributed by atoms with Gasteiger partial charge in [0.15, 0.2) is 6.10 Å². The summed E-state index contributed by atoms with van der Waals surface area (Å²) in [7, 11) is 1.70. The van der Waals surface area contributed by atoms with Crippen molar-refractivity contribution in [1.82, 2.24) is 15.0 Å². The minimum atomic E-state index is -0.624. The number of benzene rings is 2. The minimum Gasteiger partial charge on any atom is -0.481 e. The molecule has 146 valence electrons. The summed E-state index contributed by atoms with van der Waals surface area (Å²) in [5.74, 6) is 1.46. The van der Waals surface area contributed by atoms with Crippen molar-refractivity contribution in [2.24, 2.45) is 0 Å². The highest BCUT2D eigenvalue weighted by Crippen LogP contribution is 2.24. The van der Waals surface area contributed by atoms with Gasteiger partial charge < -0.3 is 14.2 Å². The second-order valence-corrected chi connectivity index (χ2v) is 7.04. The van der Waals surface area contributed by atoms with E-state index in [1.165, 1.54) is 4.90 Å². The number of amides is 1. The number of rotatable bonds is 6. The van der Waals surface area contributed by atoms with Crippen LogP contribution in [0, 0.1) is 20.8 Å². The molecule has 0 radical (unpaired) electrons. The number of likely N-dealkylation sites (N-methyl/N-ethyl adjacent to an activating group) is 1. The van der Waals surface area contributed by atoms with Gasteiger partial charge in [-0.15, -0.1) is 0 Å². The molecule has 3 aromatic rings. The SMILES string of the molecule is Cc1cc(C)c(C)c(O[C@H](C)C(=O)N(C)Cc2nc(-c3ccccc3)no2)c1. The number of carbonyl (C=O) groups is 1. The van der Waals surface area contributed by atoms with Crippen molar-refractivity contribution in [3.8, 4) is 17.1 Å². The van der Waals surface area contributed by atoms with Crippen molar-refractivity contribution < 1.29 is 14.1 Å². The first-order chi connectivity index (χ1) is 13.3. The standard InChI is InChI=1S/C22H25N3O3/c1-14-11-15(2)16(3)19(12-14)27-17(4)22(26)25(5)13-20-23-21(24-28-20)18-9-7-6-8-10-18/h6-12,17H,13H2,1-5H3/t17-/m1/s1. The summed E-state index contributed by atoms with van der Waals surface area (Å²) in [5.41, 5.74) is 4.15. The van der Waals surface area contributed by atoms with E-state index in [2.05, 4.69) is 16.2 Å². The molecule has 6 nitrogen and oxygen atoms in total. The molecule has 2 aromatic carbocycles. The lowest BCUT2D eigenvalue weighted by molar-refractivity contribution is -0.137. The summed E-state index contributed by atoms with van der Waals surface area (Å²) in [6.07, 6.45) is -0.624. The molecule has 0 spiro atoms. The Balaban J connectivity index is 1.65. The van der Waals surface area contributed by atoms with Crippen LogP contribution in [0.2, 0.25) is 0 Å². The van der Waals surface area contributed by atoms with E-state index in [0.29, 0.717) is 11.7 Å². The number of ether oxygens (including phenoxy) is 1. The molecular weight excluding hydrogens is 354 g/mol. The van der Waals surface area contributed by atoms with Gasteiger partial charge in [0.25, 0.3) is 5.91 Å². The van der Waals surface area contributed by atoms with Crippen LogP contribution in [0.4, 0.5) is 0 Å². The third kappa shape index (κ3) is 4.39. The lowest BCUT2D eigenvalue weighted by Gasteiger charge is -2.22. The maximum atomic E-state index is 12.7. The summed E-state index contributed by atoms with van der Waals surface area (Å²) in [4.78, 5) is 18.6. The van der Waals surface area contributed by atoms with E-state index < -0.39 is 6.10 Å². The molecule has 1 heterocycles. The lowest BCUT2D eigenvalue weighted by Crippen LogP contribution is -2.37. The van der Waals surface area contributed by atoms with Gasteiger partial charge in [-0.2, -0.15) is 4.98 Å². The molecule has 0 fully saturated rings. The summed E-state index contributed by atoms with van der Waals surface area (Å²) in [6, 6.07) is 13.6. The second-order valence-electron chi connectivity index (χ2n) is 7.04. The van der Waals surface area contributed by atoms with Crippen molar-refractivity contribution in [3.63, 3.8) is 0 Å². The summed E-state index contributed by atoms with van der Waals surface area (Å²) in [5, 5.41) is 3.99. The van der Waals surface area contributed by atoms with E-state index in [0.717, 1.165) is 28.0 Å². The van der Waals surface area contributed by atoms with Gasteiger partial charge in [0.1, 0.15) is 5.75 Å². The molecule has 28 heavy (non-hydrogen) atoms. The molecule has 0 saturated heterocycles. The highest BCUT2D eigenvalue weighted by atomic mass is 16.5. The third-order valence-corrected chi connectivity index (χ3v) is 4.66. The Morgan fingerprint density at radius 2 is 1.89 bits per heavy atom. The summed E-state index contributed by atoms with van der Waals surface area (Å²) in [6.45, 7) is 8.01. The Morgan fingerprint density at radius 3 is 2.61 bits per heavy atom. The van der Waals surface area contributed by atoms with Crippen molar-refractivity contribution in [3.05, 3.63) is 65.0 Å². The largest absolute Gasteiger partial charge is 0.481 e. The minimum absolute atomic E-state index is 0.155. The number of hydrogen-bond donors (Lipinski definition) is 0. The van der Waals surface area contributed by atoms with Gasteiger partial charge in [-0.1, -0.05) is 41.6 Å². The monoisotopic (exact) mass is 379 g/mol.